The first kappa shape index (κ1) is 15.7. The summed E-state index contributed by atoms with van der Waals surface area (Å²) in [6, 6.07) is 15.8. The number of carbonyl (C=O) groups excluding carboxylic acids is 1. The molecule has 0 saturated heterocycles. The van der Waals surface area contributed by atoms with Gasteiger partial charge in [0.2, 0.25) is 0 Å². The van der Waals surface area contributed by atoms with Crippen LogP contribution in [0.4, 0.5) is 0 Å². The summed E-state index contributed by atoms with van der Waals surface area (Å²) in [7, 11) is 1.40. The largest absolute Gasteiger partial charge is 0.465 e. The molecule has 2 aromatic heterocycles. The third-order valence-electron chi connectivity index (χ3n) is 4.26. The van der Waals surface area contributed by atoms with E-state index in [0.717, 1.165) is 27.4 Å². The normalized spacial score (nSPS) is 11.1. The van der Waals surface area contributed by atoms with E-state index in [1.165, 1.54) is 7.11 Å². The summed E-state index contributed by atoms with van der Waals surface area (Å²) in [6.07, 6.45) is 3.49. The Bertz CT molecular complexity index is 1100. The summed E-state index contributed by atoms with van der Waals surface area (Å²) in [5.41, 5.74) is 3.57. The third-order valence-corrected chi connectivity index (χ3v) is 4.47. The lowest BCUT2D eigenvalue weighted by molar-refractivity contribution is 0.0602. The fourth-order valence-corrected chi connectivity index (χ4v) is 3.27. The van der Waals surface area contributed by atoms with Gasteiger partial charge in [-0.05, 0) is 29.8 Å². The molecule has 0 saturated carbocycles. The molecule has 124 valence electrons. The van der Waals surface area contributed by atoms with Crippen molar-refractivity contribution in [2.24, 2.45) is 0 Å². The van der Waals surface area contributed by atoms with E-state index in [1.54, 1.807) is 6.20 Å². The summed E-state index contributed by atoms with van der Waals surface area (Å²) in [6.45, 7) is 0.639. The Balaban J connectivity index is 1.79. The van der Waals surface area contributed by atoms with E-state index in [-0.39, 0.29) is 5.97 Å². The fourth-order valence-electron chi connectivity index (χ4n) is 3.10. The number of rotatable bonds is 3. The molecule has 0 aliphatic heterocycles. The first-order chi connectivity index (χ1) is 12.2. The minimum atomic E-state index is -0.329. The molecule has 4 aromatic rings. The van der Waals surface area contributed by atoms with Crippen LogP contribution >= 0.6 is 11.6 Å². The van der Waals surface area contributed by atoms with Crippen LogP contribution in [0, 0.1) is 0 Å². The molecule has 4 nitrogen and oxygen atoms in total. The molecule has 0 unspecified atom stereocenters. The van der Waals surface area contributed by atoms with Gasteiger partial charge in [-0.2, -0.15) is 0 Å². The molecule has 25 heavy (non-hydrogen) atoms. The summed E-state index contributed by atoms with van der Waals surface area (Å²) < 4.78 is 6.96. The lowest BCUT2D eigenvalue weighted by atomic mass is 10.1. The van der Waals surface area contributed by atoms with Crippen molar-refractivity contribution in [1.82, 2.24) is 9.55 Å². The zero-order chi connectivity index (χ0) is 17.4. The van der Waals surface area contributed by atoms with Crippen LogP contribution in [0.15, 0.2) is 60.9 Å². The van der Waals surface area contributed by atoms with Crippen molar-refractivity contribution in [2.75, 3.05) is 7.11 Å². The predicted octanol–water partition coefficient (Wildman–Crippen LogP) is 4.68. The van der Waals surface area contributed by atoms with Crippen molar-refractivity contribution in [3.8, 4) is 0 Å². The van der Waals surface area contributed by atoms with Crippen LogP contribution in [0.3, 0.4) is 0 Å². The molecule has 5 heteroatoms. The minimum absolute atomic E-state index is 0.329. The van der Waals surface area contributed by atoms with Gasteiger partial charge in [-0.1, -0.05) is 35.9 Å². The van der Waals surface area contributed by atoms with Gasteiger partial charge < -0.3 is 9.30 Å². The van der Waals surface area contributed by atoms with Crippen molar-refractivity contribution < 1.29 is 9.53 Å². The Kier molecular flexibility index (Phi) is 3.90. The van der Waals surface area contributed by atoms with E-state index in [2.05, 4.69) is 15.6 Å². The van der Waals surface area contributed by atoms with Gasteiger partial charge >= 0.3 is 5.97 Å². The molecule has 0 N–H and O–H groups in total. The van der Waals surface area contributed by atoms with Crippen molar-refractivity contribution in [2.45, 2.75) is 6.54 Å². The number of nitrogens with zero attached hydrogens (tertiary/aromatic N) is 2. The molecule has 0 spiro atoms. The Labute approximate surface area is 149 Å². The molecular weight excluding hydrogens is 336 g/mol. The number of halogens is 1. The lowest BCUT2D eigenvalue weighted by Gasteiger charge is -2.07. The van der Waals surface area contributed by atoms with Crippen LogP contribution in [-0.2, 0) is 11.3 Å². The van der Waals surface area contributed by atoms with E-state index >= 15 is 0 Å². The molecule has 2 aromatic carbocycles. The van der Waals surface area contributed by atoms with E-state index in [4.69, 9.17) is 16.3 Å². The molecule has 0 bridgehead atoms. The van der Waals surface area contributed by atoms with Crippen LogP contribution in [0.1, 0.15) is 15.9 Å². The van der Waals surface area contributed by atoms with Gasteiger partial charge in [0.25, 0.3) is 0 Å². The van der Waals surface area contributed by atoms with Crippen molar-refractivity contribution in [3.05, 3.63) is 77.1 Å². The highest BCUT2D eigenvalue weighted by atomic mass is 35.5. The lowest BCUT2D eigenvalue weighted by Crippen LogP contribution is -2.01. The van der Waals surface area contributed by atoms with Crippen LogP contribution < -0.4 is 0 Å². The number of hydrogen-bond donors (Lipinski definition) is 0. The van der Waals surface area contributed by atoms with Gasteiger partial charge in [-0.3, -0.25) is 4.98 Å². The first-order valence-corrected chi connectivity index (χ1v) is 8.24. The van der Waals surface area contributed by atoms with E-state index in [0.29, 0.717) is 17.1 Å². The van der Waals surface area contributed by atoms with Crippen LogP contribution in [0.25, 0.3) is 21.8 Å². The molecule has 0 atom stereocenters. The SMILES string of the molecule is COC(=O)c1cn(Cc2ccc3ncc(Cl)cc3c2)c2ccccc12. The molecule has 4 rings (SSSR count). The zero-order valence-corrected chi connectivity index (χ0v) is 14.3. The second kappa shape index (κ2) is 6.22. The van der Waals surface area contributed by atoms with Gasteiger partial charge in [0.1, 0.15) is 0 Å². The first-order valence-electron chi connectivity index (χ1n) is 7.86. The van der Waals surface area contributed by atoms with Gasteiger partial charge in [-0.15, -0.1) is 0 Å². The van der Waals surface area contributed by atoms with E-state index in [9.17, 15) is 4.79 Å². The maximum atomic E-state index is 12.0. The number of ether oxygens (including phenoxy) is 1. The number of hydrogen-bond acceptors (Lipinski definition) is 3. The molecule has 0 fully saturated rings. The third kappa shape index (κ3) is 2.85. The number of pyridine rings is 1. The number of methoxy groups -OCH3 is 1. The maximum absolute atomic E-state index is 12.0. The molecule has 0 aliphatic rings. The Morgan fingerprint density at radius 2 is 2.04 bits per heavy atom. The summed E-state index contributed by atoms with van der Waals surface area (Å²) in [5, 5.41) is 2.50. The number of aromatic nitrogens is 2. The van der Waals surface area contributed by atoms with Crippen LogP contribution in [-0.4, -0.2) is 22.6 Å². The van der Waals surface area contributed by atoms with Gasteiger partial charge in [0.05, 0.1) is 23.2 Å². The summed E-state index contributed by atoms with van der Waals surface area (Å²) >= 11 is 6.04. The molecule has 0 radical (unpaired) electrons. The topological polar surface area (TPSA) is 44.1 Å². The number of benzene rings is 2. The predicted molar refractivity (Wildman–Crippen MR) is 99.1 cm³/mol. The van der Waals surface area contributed by atoms with E-state index in [1.807, 2.05) is 48.7 Å². The maximum Gasteiger partial charge on any atom is 0.340 e. The number of para-hydroxylation sites is 1. The average molecular weight is 351 g/mol. The highest BCUT2D eigenvalue weighted by Gasteiger charge is 2.15. The second-order valence-corrected chi connectivity index (χ2v) is 6.30. The van der Waals surface area contributed by atoms with Gasteiger partial charge in [0, 0.05) is 35.2 Å². The van der Waals surface area contributed by atoms with Crippen molar-refractivity contribution in [3.63, 3.8) is 0 Å². The summed E-state index contributed by atoms with van der Waals surface area (Å²) in [4.78, 5) is 16.4. The van der Waals surface area contributed by atoms with Gasteiger partial charge in [0.15, 0.2) is 0 Å². The quantitative estimate of drug-likeness (QED) is 0.504. The Morgan fingerprint density at radius 3 is 2.88 bits per heavy atom. The second-order valence-electron chi connectivity index (χ2n) is 5.86. The highest BCUT2D eigenvalue weighted by Crippen LogP contribution is 2.24. The van der Waals surface area contributed by atoms with Crippen molar-refractivity contribution >= 4 is 39.4 Å². The zero-order valence-electron chi connectivity index (χ0n) is 13.6. The fraction of sp³-hybridized carbons (Fsp3) is 0.100. The number of carbonyl (C=O) groups is 1. The van der Waals surface area contributed by atoms with E-state index < -0.39 is 0 Å². The van der Waals surface area contributed by atoms with Crippen LogP contribution in [0.5, 0.6) is 0 Å². The molecular formula is C20H15ClN2O2. The minimum Gasteiger partial charge on any atom is -0.465 e. The monoisotopic (exact) mass is 350 g/mol. The molecule has 2 heterocycles. The van der Waals surface area contributed by atoms with Crippen molar-refractivity contribution in [1.29, 1.82) is 0 Å². The molecule has 0 amide bonds. The standard InChI is InChI=1S/C20H15ClN2O2/c1-25-20(24)17-12-23(19-5-3-2-4-16(17)19)11-13-6-7-18-14(8-13)9-15(21)10-22-18/h2-10,12H,11H2,1H3. The Hall–Kier alpha value is -2.85. The smallest absolute Gasteiger partial charge is 0.340 e. The summed E-state index contributed by atoms with van der Waals surface area (Å²) in [5.74, 6) is -0.329. The highest BCUT2D eigenvalue weighted by molar-refractivity contribution is 6.31. The van der Waals surface area contributed by atoms with Gasteiger partial charge in [-0.25, -0.2) is 4.79 Å². The Morgan fingerprint density at radius 1 is 1.20 bits per heavy atom. The average Bonchev–Trinajstić information content (AvgIpc) is 2.99. The van der Waals surface area contributed by atoms with Crippen LogP contribution in [0.2, 0.25) is 5.02 Å². The number of fused-ring (bicyclic) bond motifs is 2. The number of esters is 1. The molecule has 0 aliphatic carbocycles.